The van der Waals surface area contributed by atoms with Crippen molar-refractivity contribution >= 4 is 5.91 Å². The van der Waals surface area contributed by atoms with Crippen LogP contribution in [0.4, 0.5) is 0 Å². The Morgan fingerprint density at radius 3 is 2.65 bits per heavy atom. The van der Waals surface area contributed by atoms with Crippen molar-refractivity contribution in [1.29, 1.82) is 0 Å². The highest BCUT2D eigenvalue weighted by molar-refractivity contribution is 5.77. The summed E-state index contributed by atoms with van der Waals surface area (Å²) in [6.45, 7) is 9.99. The van der Waals surface area contributed by atoms with Gasteiger partial charge in [-0.2, -0.15) is 0 Å². The van der Waals surface area contributed by atoms with Gasteiger partial charge in [0.15, 0.2) is 0 Å². The largest absolute Gasteiger partial charge is 0.340 e. The molecule has 1 amide bonds. The number of aryl methyl sites for hydroxylation is 2. The highest BCUT2D eigenvalue weighted by atomic mass is 16.2. The van der Waals surface area contributed by atoms with Crippen LogP contribution in [-0.4, -0.2) is 37.0 Å². The van der Waals surface area contributed by atoms with E-state index in [-0.39, 0.29) is 0 Å². The van der Waals surface area contributed by atoms with Crippen LogP contribution < -0.4 is 5.32 Å². The molecule has 1 aliphatic heterocycles. The summed E-state index contributed by atoms with van der Waals surface area (Å²) in [6.07, 6.45) is 1.66. The Kier molecular flexibility index (Phi) is 5.18. The molecule has 0 spiro atoms. The number of piperazine rings is 1. The van der Waals surface area contributed by atoms with Gasteiger partial charge in [-0.15, -0.1) is 0 Å². The van der Waals surface area contributed by atoms with Gasteiger partial charge in [-0.3, -0.25) is 4.79 Å². The van der Waals surface area contributed by atoms with Gasteiger partial charge in [0.2, 0.25) is 5.91 Å². The normalized spacial score (nSPS) is 17.1. The van der Waals surface area contributed by atoms with Gasteiger partial charge in [0.05, 0.1) is 0 Å². The third-order valence-electron chi connectivity index (χ3n) is 4.26. The van der Waals surface area contributed by atoms with E-state index in [2.05, 4.69) is 44.3 Å². The van der Waals surface area contributed by atoms with Crippen LogP contribution in [0.1, 0.15) is 42.4 Å². The van der Waals surface area contributed by atoms with Gasteiger partial charge in [-0.05, 0) is 37.3 Å². The maximum Gasteiger partial charge on any atom is 0.223 e. The van der Waals surface area contributed by atoms with Crippen molar-refractivity contribution < 1.29 is 4.79 Å². The predicted molar refractivity (Wildman–Crippen MR) is 83.0 cm³/mol. The Bertz CT molecular complexity index is 464. The van der Waals surface area contributed by atoms with Crippen molar-refractivity contribution in [2.24, 2.45) is 0 Å². The number of hydrogen-bond acceptors (Lipinski definition) is 2. The predicted octanol–water partition coefficient (Wildman–Crippen LogP) is 2.62. The lowest BCUT2D eigenvalue weighted by Gasteiger charge is -2.29. The van der Waals surface area contributed by atoms with E-state index in [1.807, 2.05) is 4.90 Å². The zero-order chi connectivity index (χ0) is 14.5. The Balaban J connectivity index is 2.08. The molecule has 1 heterocycles. The monoisotopic (exact) mass is 274 g/mol. The maximum absolute atomic E-state index is 12.4. The van der Waals surface area contributed by atoms with Crippen molar-refractivity contribution in [3.05, 3.63) is 34.9 Å². The van der Waals surface area contributed by atoms with Crippen LogP contribution in [0.15, 0.2) is 18.2 Å². The number of nitrogens with zero attached hydrogens (tertiary/aromatic N) is 1. The molecule has 3 heteroatoms. The van der Waals surface area contributed by atoms with Crippen LogP contribution >= 0.6 is 0 Å². The Hall–Kier alpha value is -1.35. The fourth-order valence-corrected chi connectivity index (χ4v) is 2.93. The zero-order valence-electron chi connectivity index (χ0n) is 12.9. The lowest BCUT2D eigenvalue weighted by atomic mass is 9.88. The molecule has 1 atom stereocenters. The maximum atomic E-state index is 12.4. The number of benzene rings is 1. The topological polar surface area (TPSA) is 32.3 Å². The van der Waals surface area contributed by atoms with E-state index in [1.165, 1.54) is 16.7 Å². The average Bonchev–Trinajstić information content (AvgIpc) is 2.48. The van der Waals surface area contributed by atoms with Crippen LogP contribution in [0.5, 0.6) is 0 Å². The number of hydrogen-bond donors (Lipinski definition) is 1. The number of carbonyl (C=O) groups is 1. The summed E-state index contributed by atoms with van der Waals surface area (Å²) < 4.78 is 0. The standard InChI is InChI=1S/C17H26N2O/c1-4-15(16-11-13(2)5-6-14(16)3)12-17(20)19-9-7-18-8-10-19/h5-6,11,15,18H,4,7-10,12H2,1-3H3. The third-order valence-corrected chi connectivity index (χ3v) is 4.26. The SMILES string of the molecule is CCC(CC(=O)N1CCNCC1)c1cc(C)ccc1C. The molecule has 0 aromatic heterocycles. The van der Waals surface area contributed by atoms with Gasteiger partial charge in [-0.1, -0.05) is 30.7 Å². The van der Waals surface area contributed by atoms with Crippen LogP contribution in [0.25, 0.3) is 0 Å². The molecule has 1 fully saturated rings. The van der Waals surface area contributed by atoms with Crippen LogP contribution in [0.3, 0.4) is 0 Å². The van der Waals surface area contributed by atoms with Gasteiger partial charge in [0.1, 0.15) is 0 Å². The quantitative estimate of drug-likeness (QED) is 0.915. The molecule has 0 aliphatic carbocycles. The lowest BCUT2D eigenvalue weighted by Crippen LogP contribution is -2.46. The third kappa shape index (κ3) is 3.60. The smallest absolute Gasteiger partial charge is 0.223 e. The molecule has 1 unspecified atom stereocenters. The molecule has 20 heavy (non-hydrogen) atoms. The molecule has 1 aromatic carbocycles. The summed E-state index contributed by atoms with van der Waals surface area (Å²) >= 11 is 0. The molecule has 1 saturated heterocycles. The van der Waals surface area contributed by atoms with Crippen molar-refractivity contribution in [2.45, 2.75) is 39.5 Å². The molecule has 1 aliphatic rings. The molecular weight excluding hydrogens is 248 g/mol. The van der Waals surface area contributed by atoms with Crippen molar-refractivity contribution in [1.82, 2.24) is 10.2 Å². The number of nitrogens with one attached hydrogen (secondary N) is 1. The minimum absolute atomic E-state index is 0.305. The summed E-state index contributed by atoms with van der Waals surface area (Å²) in [5, 5.41) is 3.29. The lowest BCUT2D eigenvalue weighted by molar-refractivity contribution is -0.132. The van der Waals surface area contributed by atoms with Crippen LogP contribution in [-0.2, 0) is 4.79 Å². The first kappa shape index (κ1) is 15.0. The number of amides is 1. The van der Waals surface area contributed by atoms with E-state index >= 15 is 0 Å². The minimum atomic E-state index is 0.305. The van der Waals surface area contributed by atoms with E-state index in [0.29, 0.717) is 18.2 Å². The Labute approximate surface area is 122 Å². The van der Waals surface area contributed by atoms with Crippen LogP contribution in [0, 0.1) is 13.8 Å². The van der Waals surface area contributed by atoms with E-state index < -0.39 is 0 Å². The van der Waals surface area contributed by atoms with E-state index in [0.717, 1.165) is 32.6 Å². The fourth-order valence-electron chi connectivity index (χ4n) is 2.93. The molecular formula is C17H26N2O. The Morgan fingerprint density at radius 2 is 2.00 bits per heavy atom. The second-order valence-electron chi connectivity index (χ2n) is 5.80. The van der Waals surface area contributed by atoms with Gasteiger partial charge in [0.25, 0.3) is 0 Å². The van der Waals surface area contributed by atoms with E-state index in [9.17, 15) is 4.79 Å². The molecule has 1 N–H and O–H groups in total. The van der Waals surface area contributed by atoms with Gasteiger partial charge in [0, 0.05) is 32.6 Å². The van der Waals surface area contributed by atoms with E-state index in [4.69, 9.17) is 0 Å². The average molecular weight is 274 g/mol. The highest BCUT2D eigenvalue weighted by Crippen LogP contribution is 2.28. The van der Waals surface area contributed by atoms with Crippen molar-refractivity contribution in [3.8, 4) is 0 Å². The van der Waals surface area contributed by atoms with Gasteiger partial charge in [-0.25, -0.2) is 0 Å². The minimum Gasteiger partial charge on any atom is -0.340 e. The summed E-state index contributed by atoms with van der Waals surface area (Å²) in [6, 6.07) is 6.56. The first-order valence-corrected chi connectivity index (χ1v) is 7.67. The zero-order valence-corrected chi connectivity index (χ0v) is 12.9. The van der Waals surface area contributed by atoms with Crippen molar-refractivity contribution in [3.63, 3.8) is 0 Å². The second-order valence-corrected chi connectivity index (χ2v) is 5.80. The molecule has 1 aromatic rings. The van der Waals surface area contributed by atoms with Crippen molar-refractivity contribution in [2.75, 3.05) is 26.2 Å². The summed E-state index contributed by atoms with van der Waals surface area (Å²) in [5.41, 5.74) is 3.92. The summed E-state index contributed by atoms with van der Waals surface area (Å²) in [7, 11) is 0. The molecule has 3 nitrogen and oxygen atoms in total. The second kappa shape index (κ2) is 6.89. The molecule has 0 bridgehead atoms. The summed E-state index contributed by atoms with van der Waals surface area (Å²) in [4.78, 5) is 14.4. The molecule has 0 radical (unpaired) electrons. The van der Waals surface area contributed by atoms with E-state index in [1.54, 1.807) is 0 Å². The van der Waals surface area contributed by atoms with Gasteiger partial charge < -0.3 is 10.2 Å². The fraction of sp³-hybridized carbons (Fsp3) is 0.588. The Morgan fingerprint density at radius 1 is 1.30 bits per heavy atom. The van der Waals surface area contributed by atoms with Crippen LogP contribution in [0.2, 0.25) is 0 Å². The first-order valence-electron chi connectivity index (χ1n) is 7.67. The molecule has 0 saturated carbocycles. The molecule has 110 valence electrons. The number of carbonyl (C=O) groups excluding carboxylic acids is 1. The molecule has 2 rings (SSSR count). The van der Waals surface area contributed by atoms with Gasteiger partial charge >= 0.3 is 0 Å². The summed E-state index contributed by atoms with van der Waals surface area (Å²) in [5.74, 6) is 0.650. The first-order chi connectivity index (χ1) is 9.61. The number of rotatable bonds is 4. The highest BCUT2D eigenvalue weighted by Gasteiger charge is 2.21.